The number of likely N-dealkylation sites (tertiary alicyclic amines) is 1. The summed E-state index contributed by atoms with van der Waals surface area (Å²) in [6.07, 6.45) is 9.33. The summed E-state index contributed by atoms with van der Waals surface area (Å²) in [5, 5.41) is 3.14. The Balaban J connectivity index is 1.53. The van der Waals surface area contributed by atoms with Crippen LogP contribution in [0.25, 0.3) is 0 Å². The Morgan fingerprint density at radius 1 is 1.11 bits per heavy atom. The van der Waals surface area contributed by atoms with E-state index < -0.39 is 0 Å². The van der Waals surface area contributed by atoms with Crippen molar-refractivity contribution in [2.75, 3.05) is 13.1 Å². The lowest BCUT2D eigenvalue weighted by Gasteiger charge is -2.43. The van der Waals surface area contributed by atoms with Crippen molar-refractivity contribution >= 4 is 5.91 Å². The van der Waals surface area contributed by atoms with E-state index in [1.54, 1.807) is 0 Å². The van der Waals surface area contributed by atoms with E-state index in [2.05, 4.69) is 17.1 Å². The molecule has 2 aliphatic carbocycles. The van der Waals surface area contributed by atoms with Gasteiger partial charge in [-0.2, -0.15) is 0 Å². The molecule has 1 amide bonds. The summed E-state index contributed by atoms with van der Waals surface area (Å²) in [5.74, 6) is 2.07. The zero-order valence-electron chi connectivity index (χ0n) is 11.5. The topological polar surface area (TPSA) is 32.3 Å². The molecule has 3 rings (SSSR count). The highest BCUT2D eigenvalue weighted by molar-refractivity contribution is 5.81. The lowest BCUT2D eigenvalue weighted by Crippen LogP contribution is -2.51. The first-order valence-electron chi connectivity index (χ1n) is 7.78. The van der Waals surface area contributed by atoms with Gasteiger partial charge in [0.1, 0.15) is 0 Å². The highest BCUT2D eigenvalue weighted by Gasteiger charge is 2.35. The van der Waals surface area contributed by atoms with Crippen LogP contribution in [-0.4, -0.2) is 36.0 Å². The molecule has 3 heteroatoms. The van der Waals surface area contributed by atoms with Gasteiger partial charge < -0.3 is 5.32 Å². The van der Waals surface area contributed by atoms with Crippen molar-refractivity contribution in [1.29, 1.82) is 0 Å². The standard InChI is InChI=1S/C15H26N2O/c1-11(15(18)16-14-6-7-14)17-9-8-12-4-2-3-5-13(12)10-17/h11-14H,2-10H2,1H3,(H,16,18). The van der Waals surface area contributed by atoms with E-state index in [-0.39, 0.29) is 11.9 Å². The molecule has 1 saturated heterocycles. The Hall–Kier alpha value is -0.570. The molecule has 0 spiro atoms. The molecule has 2 saturated carbocycles. The Kier molecular flexibility index (Phi) is 3.60. The number of nitrogens with one attached hydrogen (secondary N) is 1. The van der Waals surface area contributed by atoms with Gasteiger partial charge in [0.15, 0.2) is 0 Å². The highest BCUT2D eigenvalue weighted by Crippen LogP contribution is 2.36. The van der Waals surface area contributed by atoms with Crippen LogP contribution in [0.4, 0.5) is 0 Å². The van der Waals surface area contributed by atoms with E-state index in [4.69, 9.17) is 0 Å². The average Bonchev–Trinajstić information content (AvgIpc) is 3.21. The number of nitrogens with zero attached hydrogens (tertiary/aromatic N) is 1. The van der Waals surface area contributed by atoms with Crippen LogP contribution in [0.3, 0.4) is 0 Å². The summed E-state index contributed by atoms with van der Waals surface area (Å²) in [6.45, 7) is 4.37. The van der Waals surface area contributed by atoms with Crippen LogP contribution in [0, 0.1) is 11.8 Å². The van der Waals surface area contributed by atoms with Crippen LogP contribution in [-0.2, 0) is 4.79 Å². The zero-order valence-corrected chi connectivity index (χ0v) is 11.5. The molecule has 1 N–H and O–H groups in total. The number of hydrogen-bond donors (Lipinski definition) is 1. The molecule has 0 aromatic carbocycles. The number of carbonyl (C=O) groups excluding carboxylic acids is 1. The lowest BCUT2D eigenvalue weighted by molar-refractivity contribution is -0.127. The molecule has 3 fully saturated rings. The second-order valence-electron chi connectivity index (χ2n) is 6.55. The minimum atomic E-state index is 0.0773. The van der Waals surface area contributed by atoms with Crippen molar-refractivity contribution in [3.8, 4) is 0 Å². The molecule has 3 atom stereocenters. The monoisotopic (exact) mass is 250 g/mol. The van der Waals surface area contributed by atoms with Gasteiger partial charge in [-0.3, -0.25) is 9.69 Å². The predicted octanol–water partition coefficient (Wildman–Crippen LogP) is 2.17. The van der Waals surface area contributed by atoms with Gasteiger partial charge >= 0.3 is 0 Å². The number of piperidine rings is 1. The Morgan fingerprint density at radius 2 is 1.83 bits per heavy atom. The molecule has 1 aliphatic heterocycles. The lowest BCUT2D eigenvalue weighted by atomic mass is 9.75. The first-order chi connectivity index (χ1) is 8.74. The normalized spacial score (nSPS) is 34.7. The van der Waals surface area contributed by atoms with Crippen molar-refractivity contribution in [3.63, 3.8) is 0 Å². The summed E-state index contributed by atoms with van der Waals surface area (Å²) in [5.41, 5.74) is 0. The minimum absolute atomic E-state index is 0.0773. The summed E-state index contributed by atoms with van der Waals surface area (Å²) < 4.78 is 0. The van der Waals surface area contributed by atoms with Crippen LogP contribution in [0.15, 0.2) is 0 Å². The van der Waals surface area contributed by atoms with Gasteiger partial charge in [0.05, 0.1) is 6.04 Å². The van der Waals surface area contributed by atoms with E-state index in [0.29, 0.717) is 6.04 Å². The fraction of sp³-hybridized carbons (Fsp3) is 0.933. The number of rotatable bonds is 3. The summed E-state index contributed by atoms with van der Waals surface area (Å²) in [6, 6.07) is 0.570. The van der Waals surface area contributed by atoms with Crippen molar-refractivity contribution in [1.82, 2.24) is 10.2 Å². The SMILES string of the molecule is CC(C(=O)NC1CC1)N1CCC2CCCCC2C1. The first-order valence-corrected chi connectivity index (χ1v) is 7.78. The molecule has 3 unspecified atom stereocenters. The smallest absolute Gasteiger partial charge is 0.237 e. The van der Waals surface area contributed by atoms with Gasteiger partial charge in [-0.05, 0) is 51.0 Å². The fourth-order valence-electron chi connectivity index (χ4n) is 3.70. The number of fused-ring (bicyclic) bond motifs is 1. The second-order valence-corrected chi connectivity index (χ2v) is 6.55. The molecule has 0 radical (unpaired) electrons. The van der Waals surface area contributed by atoms with E-state index >= 15 is 0 Å². The molecule has 18 heavy (non-hydrogen) atoms. The maximum absolute atomic E-state index is 12.1. The molecular formula is C15H26N2O. The van der Waals surface area contributed by atoms with Crippen LogP contribution in [0.1, 0.15) is 51.9 Å². The number of hydrogen-bond acceptors (Lipinski definition) is 2. The Bertz CT molecular complexity index is 314. The van der Waals surface area contributed by atoms with Gasteiger partial charge in [0.25, 0.3) is 0 Å². The van der Waals surface area contributed by atoms with Gasteiger partial charge in [-0.15, -0.1) is 0 Å². The van der Waals surface area contributed by atoms with Crippen molar-refractivity contribution in [2.45, 2.75) is 64.0 Å². The van der Waals surface area contributed by atoms with Crippen LogP contribution in [0.5, 0.6) is 0 Å². The largest absolute Gasteiger partial charge is 0.352 e. The van der Waals surface area contributed by atoms with Crippen LogP contribution in [0.2, 0.25) is 0 Å². The molecule has 0 aromatic rings. The first kappa shape index (κ1) is 12.5. The number of amides is 1. The van der Waals surface area contributed by atoms with E-state index in [1.165, 1.54) is 44.9 Å². The summed E-state index contributed by atoms with van der Waals surface area (Å²) in [4.78, 5) is 14.5. The van der Waals surface area contributed by atoms with E-state index in [1.807, 2.05) is 0 Å². The molecule has 0 bridgehead atoms. The van der Waals surface area contributed by atoms with Gasteiger partial charge in [0, 0.05) is 12.6 Å². The second kappa shape index (κ2) is 5.20. The maximum atomic E-state index is 12.1. The van der Waals surface area contributed by atoms with Gasteiger partial charge in [0.2, 0.25) is 5.91 Å². The Morgan fingerprint density at radius 3 is 2.56 bits per heavy atom. The van der Waals surface area contributed by atoms with Crippen LogP contribution < -0.4 is 5.32 Å². The third-order valence-corrected chi connectivity index (χ3v) is 5.17. The third-order valence-electron chi connectivity index (χ3n) is 5.17. The molecule has 3 nitrogen and oxygen atoms in total. The molecule has 102 valence electrons. The van der Waals surface area contributed by atoms with Crippen molar-refractivity contribution in [2.24, 2.45) is 11.8 Å². The molecular weight excluding hydrogens is 224 g/mol. The van der Waals surface area contributed by atoms with Gasteiger partial charge in [-0.25, -0.2) is 0 Å². The zero-order chi connectivity index (χ0) is 12.5. The van der Waals surface area contributed by atoms with Gasteiger partial charge in [-0.1, -0.05) is 19.3 Å². The summed E-state index contributed by atoms with van der Waals surface area (Å²) >= 11 is 0. The predicted molar refractivity (Wildman–Crippen MR) is 72.3 cm³/mol. The molecule has 3 aliphatic rings. The molecule has 1 heterocycles. The van der Waals surface area contributed by atoms with Crippen LogP contribution >= 0.6 is 0 Å². The van der Waals surface area contributed by atoms with Crippen molar-refractivity contribution in [3.05, 3.63) is 0 Å². The fourth-order valence-corrected chi connectivity index (χ4v) is 3.70. The number of carbonyl (C=O) groups is 1. The summed E-state index contributed by atoms with van der Waals surface area (Å²) in [7, 11) is 0. The highest BCUT2D eigenvalue weighted by atomic mass is 16.2. The van der Waals surface area contributed by atoms with E-state index in [9.17, 15) is 4.79 Å². The molecule has 0 aromatic heterocycles. The average molecular weight is 250 g/mol. The minimum Gasteiger partial charge on any atom is -0.352 e. The van der Waals surface area contributed by atoms with E-state index in [0.717, 1.165) is 24.9 Å². The van der Waals surface area contributed by atoms with Crippen molar-refractivity contribution < 1.29 is 4.79 Å². The third kappa shape index (κ3) is 2.71. The maximum Gasteiger partial charge on any atom is 0.237 e. The Labute approximate surface area is 110 Å². The quantitative estimate of drug-likeness (QED) is 0.832.